The van der Waals surface area contributed by atoms with Crippen molar-refractivity contribution in [3.05, 3.63) is 24.8 Å². The van der Waals surface area contributed by atoms with Crippen LogP contribution in [0.15, 0.2) is 24.8 Å². The third kappa shape index (κ3) is 57.1. The van der Waals surface area contributed by atoms with E-state index in [9.17, 15) is 14.4 Å². The molecular weight excluding hydrogens is 236 g/mol. The van der Waals surface area contributed by atoms with Crippen molar-refractivity contribution >= 4 is 17.9 Å². The van der Waals surface area contributed by atoms with Gasteiger partial charge in [-0.15, -0.1) is 0 Å². The average molecular weight is 250 g/mol. The number of aliphatic hydroxyl groups is 2. The van der Waals surface area contributed by atoms with Crippen molar-refractivity contribution < 1.29 is 39.9 Å². The van der Waals surface area contributed by atoms with Crippen LogP contribution in [0.25, 0.3) is 0 Å². The fraction of sp³-hybridized carbons (Fsp3) is 0.222. The minimum Gasteiger partial charge on any atom is -0.478 e. The lowest BCUT2D eigenvalue weighted by atomic mass is 10.5. The fourth-order valence-corrected chi connectivity index (χ4v) is 0.143. The standard InChI is InChI=1S/C4H4O4.C3H4O2.C2H6O2/c5-3(6)1-2-4(7)8;1-2-3(4)5;3-1-2-4/h1-2H,(H,5,6)(H,7,8);2H,1H2,(H,4,5);3-4H,1-2H2. The molecule has 0 aliphatic rings. The molecule has 0 fully saturated rings. The molecule has 0 aromatic carbocycles. The van der Waals surface area contributed by atoms with Gasteiger partial charge < -0.3 is 25.5 Å². The zero-order valence-electron chi connectivity index (χ0n) is 8.81. The van der Waals surface area contributed by atoms with E-state index in [-0.39, 0.29) is 13.2 Å². The van der Waals surface area contributed by atoms with Crippen molar-refractivity contribution in [2.45, 2.75) is 0 Å². The second-order valence-electron chi connectivity index (χ2n) is 2.00. The lowest BCUT2D eigenvalue weighted by Gasteiger charge is -1.74. The Bertz CT molecular complexity index is 250. The normalized spacial score (nSPS) is 8.12. The highest BCUT2D eigenvalue weighted by Gasteiger charge is 1.88. The van der Waals surface area contributed by atoms with Gasteiger partial charge in [0.15, 0.2) is 0 Å². The quantitative estimate of drug-likeness (QED) is 0.396. The lowest BCUT2D eigenvalue weighted by molar-refractivity contribution is -0.134. The first-order valence-corrected chi connectivity index (χ1v) is 4.02. The van der Waals surface area contributed by atoms with E-state index < -0.39 is 17.9 Å². The number of carbonyl (C=O) groups is 3. The summed E-state index contributed by atoms with van der Waals surface area (Å²) in [7, 11) is 0. The summed E-state index contributed by atoms with van der Waals surface area (Å²) in [5.74, 6) is -3.50. The smallest absolute Gasteiger partial charge is 0.328 e. The first kappa shape index (κ1) is 20.3. The van der Waals surface area contributed by atoms with Crippen LogP contribution in [0.3, 0.4) is 0 Å². The summed E-state index contributed by atoms with van der Waals surface area (Å²) in [5.41, 5.74) is 0. The first-order valence-electron chi connectivity index (χ1n) is 4.02. The number of carboxylic acids is 3. The van der Waals surface area contributed by atoms with Crippen molar-refractivity contribution in [3.8, 4) is 0 Å². The Labute approximate surface area is 96.7 Å². The van der Waals surface area contributed by atoms with E-state index in [2.05, 4.69) is 6.58 Å². The molecular formula is C9H14O8. The SMILES string of the molecule is C=CC(=O)O.O=C(O)C=CC(=O)O.OCCO. The Morgan fingerprint density at radius 1 is 0.824 bits per heavy atom. The Morgan fingerprint density at radius 3 is 1.12 bits per heavy atom. The average Bonchev–Trinajstić information content (AvgIpc) is 2.27. The van der Waals surface area contributed by atoms with Crippen molar-refractivity contribution in [3.63, 3.8) is 0 Å². The van der Waals surface area contributed by atoms with Gasteiger partial charge in [0.2, 0.25) is 0 Å². The van der Waals surface area contributed by atoms with Gasteiger partial charge in [0.25, 0.3) is 0 Å². The highest BCUT2D eigenvalue weighted by atomic mass is 16.4. The Balaban J connectivity index is -0.000000188. The van der Waals surface area contributed by atoms with Crippen LogP contribution in [0.1, 0.15) is 0 Å². The molecule has 0 aliphatic heterocycles. The first-order chi connectivity index (χ1) is 7.81. The molecule has 98 valence electrons. The predicted molar refractivity (Wildman–Crippen MR) is 56.4 cm³/mol. The molecule has 8 heteroatoms. The number of aliphatic carboxylic acids is 3. The maximum absolute atomic E-state index is 9.55. The van der Waals surface area contributed by atoms with E-state index in [1.165, 1.54) is 0 Å². The molecule has 0 unspecified atom stereocenters. The topological polar surface area (TPSA) is 152 Å². The summed E-state index contributed by atoms with van der Waals surface area (Å²) < 4.78 is 0. The molecule has 0 amide bonds. The van der Waals surface area contributed by atoms with Crippen LogP contribution < -0.4 is 0 Å². The van der Waals surface area contributed by atoms with E-state index in [1.807, 2.05) is 0 Å². The number of hydrogen-bond donors (Lipinski definition) is 5. The predicted octanol–water partition coefficient (Wildman–Crippen LogP) is -1.06. The van der Waals surface area contributed by atoms with E-state index in [0.29, 0.717) is 12.2 Å². The molecule has 0 heterocycles. The summed E-state index contributed by atoms with van der Waals surface area (Å²) in [4.78, 5) is 28.4. The monoisotopic (exact) mass is 250 g/mol. The zero-order chi connectivity index (χ0) is 14.3. The fourth-order valence-electron chi connectivity index (χ4n) is 0.143. The molecule has 0 aromatic rings. The number of hydrogen-bond acceptors (Lipinski definition) is 5. The van der Waals surface area contributed by atoms with E-state index in [1.54, 1.807) is 0 Å². The molecule has 0 spiro atoms. The van der Waals surface area contributed by atoms with Gasteiger partial charge in [-0.25, -0.2) is 14.4 Å². The van der Waals surface area contributed by atoms with Gasteiger partial charge in [0.05, 0.1) is 13.2 Å². The van der Waals surface area contributed by atoms with Crippen molar-refractivity contribution in [1.82, 2.24) is 0 Å². The van der Waals surface area contributed by atoms with Gasteiger partial charge >= 0.3 is 17.9 Å². The zero-order valence-corrected chi connectivity index (χ0v) is 8.81. The van der Waals surface area contributed by atoms with Crippen LogP contribution in [0, 0.1) is 0 Å². The highest BCUT2D eigenvalue weighted by molar-refractivity contribution is 5.89. The summed E-state index contributed by atoms with van der Waals surface area (Å²) in [6, 6.07) is 0. The van der Waals surface area contributed by atoms with Gasteiger partial charge in [-0.05, 0) is 0 Å². The van der Waals surface area contributed by atoms with Crippen molar-refractivity contribution in [2.24, 2.45) is 0 Å². The molecule has 0 radical (unpaired) electrons. The maximum atomic E-state index is 9.55. The van der Waals surface area contributed by atoms with Gasteiger partial charge in [0.1, 0.15) is 0 Å². The number of carboxylic acid groups (broad SMARTS) is 3. The second kappa shape index (κ2) is 16.2. The van der Waals surface area contributed by atoms with Crippen LogP contribution in [-0.2, 0) is 14.4 Å². The molecule has 0 saturated carbocycles. The molecule has 0 rings (SSSR count). The number of rotatable bonds is 4. The molecule has 5 N–H and O–H groups in total. The Morgan fingerprint density at radius 2 is 1.06 bits per heavy atom. The van der Waals surface area contributed by atoms with Gasteiger partial charge in [0, 0.05) is 18.2 Å². The Kier molecular flexibility index (Phi) is 19.4. The summed E-state index contributed by atoms with van der Waals surface area (Å²) >= 11 is 0. The minimum atomic E-state index is -1.26. The van der Waals surface area contributed by atoms with E-state index >= 15 is 0 Å². The van der Waals surface area contributed by atoms with Crippen LogP contribution >= 0.6 is 0 Å². The van der Waals surface area contributed by atoms with Crippen LogP contribution in [0.4, 0.5) is 0 Å². The molecule has 0 bridgehead atoms. The summed E-state index contributed by atoms with van der Waals surface area (Å²) in [6.45, 7) is 2.71. The van der Waals surface area contributed by atoms with Gasteiger partial charge in [-0.3, -0.25) is 0 Å². The van der Waals surface area contributed by atoms with Gasteiger partial charge in [-0.2, -0.15) is 0 Å². The second-order valence-corrected chi connectivity index (χ2v) is 2.00. The largest absolute Gasteiger partial charge is 0.478 e. The molecule has 0 aliphatic carbocycles. The third-order valence-corrected chi connectivity index (χ3v) is 0.643. The molecule has 0 aromatic heterocycles. The molecule has 8 nitrogen and oxygen atoms in total. The molecule has 17 heavy (non-hydrogen) atoms. The van der Waals surface area contributed by atoms with E-state index in [0.717, 1.165) is 6.08 Å². The summed E-state index contributed by atoms with van der Waals surface area (Å²) in [5, 5.41) is 38.5. The van der Waals surface area contributed by atoms with Gasteiger partial charge in [-0.1, -0.05) is 6.58 Å². The van der Waals surface area contributed by atoms with E-state index in [4.69, 9.17) is 25.5 Å². The molecule has 0 atom stereocenters. The Hall–Kier alpha value is -2.19. The van der Waals surface area contributed by atoms with Crippen LogP contribution in [0.2, 0.25) is 0 Å². The third-order valence-electron chi connectivity index (χ3n) is 0.643. The van der Waals surface area contributed by atoms with Crippen molar-refractivity contribution in [1.29, 1.82) is 0 Å². The maximum Gasteiger partial charge on any atom is 0.328 e. The summed E-state index contributed by atoms with van der Waals surface area (Å²) in [6.07, 6.45) is 1.95. The van der Waals surface area contributed by atoms with Crippen molar-refractivity contribution in [2.75, 3.05) is 13.2 Å². The number of aliphatic hydroxyl groups excluding tert-OH is 2. The lowest BCUT2D eigenvalue weighted by Crippen LogP contribution is -1.91. The van der Waals surface area contributed by atoms with Crippen LogP contribution in [0.5, 0.6) is 0 Å². The molecule has 0 saturated heterocycles. The van der Waals surface area contributed by atoms with Crippen LogP contribution in [-0.4, -0.2) is 56.7 Å². The highest BCUT2D eigenvalue weighted by Crippen LogP contribution is 1.70. The minimum absolute atomic E-state index is 0.125.